The number of aromatic nitrogens is 2. The van der Waals surface area contributed by atoms with Crippen molar-refractivity contribution in [2.75, 3.05) is 5.32 Å². The first-order valence-corrected chi connectivity index (χ1v) is 6.01. The molecule has 0 aliphatic rings. The zero-order valence-corrected chi connectivity index (χ0v) is 10.1. The van der Waals surface area contributed by atoms with E-state index in [1.165, 1.54) is 25.5 Å². The predicted molar refractivity (Wildman–Crippen MR) is 65.3 cm³/mol. The minimum atomic E-state index is -0.0674. The average Bonchev–Trinajstić information content (AvgIpc) is 2.76. The first-order valence-electron chi connectivity index (χ1n) is 6.01. The van der Waals surface area contributed by atoms with Gasteiger partial charge in [-0.25, -0.2) is 0 Å². The van der Waals surface area contributed by atoms with Crippen LogP contribution in [0.5, 0.6) is 0 Å². The van der Waals surface area contributed by atoms with E-state index in [9.17, 15) is 4.79 Å². The number of nitriles is 1. The van der Waals surface area contributed by atoms with Crippen molar-refractivity contribution in [3.63, 3.8) is 0 Å². The minimum absolute atomic E-state index is 0.0674. The maximum atomic E-state index is 11.5. The Labute approximate surface area is 101 Å². The van der Waals surface area contributed by atoms with Crippen molar-refractivity contribution in [3.05, 3.63) is 11.8 Å². The van der Waals surface area contributed by atoms with Gasteiger partial charge in [-0.1, -0.05) is 32.6 Å². The van der Waals surface area contributed by atoms with Crippen molar-refractivity contribution in [2.45, 2.75) is 45.4 Å². The second kappa shape index (κ2) is 7.44. The van der Waals surface area contributed by atoms with Crippen molar-refractivity contribution in [3.8, 4) is 6.07 Å². The molecule has 0 saturated carbocycles. The molecule has 5 heteroatoms. The summed E-state index contributed by atoms with van der Waals surface area (Å²) in [5, 5.41) is 17.7. The molecule has 0 atom stereocenters. The van der Waals surface area contributed by atoms with Gasteiger partial charge in [0.2, 0.25) is 5.91 Å². The molecule has 5 nitrogen and oxygen atoms in total. The number of nitrogens with zero attached hydrogens (tertiary/aromatic N) is 2. The van der Waals surface area contributed by atoms with Crippen molar-refractivity contribution < 1.29 is 4.79 Å². The number of amides is 1. The van der Waals surface area contributed by atoms with E-state index in [2.05, 4.69) is 22.4 Å². The standard InChI is InChI=1S/C12H18N4O/c1-2-3-4-5-6-7-11(17)15-12-10(8-13)9-14-16-12/h9H,2-7H2,1H3,(H2,14,15,16,17). The molecular formula is C12H18N4O. The van der Waals surface area contributed by atoms with Crippen molar-refractivity contribution in [1.82, 2.24) is 10.2 Å². The number of hydrogen-bond acceptors (Lipinski definition) is 3. The Morgan fingerprint density at radius 2 is 2.24 bits per heavy atom. The second-order valence-corrected chi connectivity index (χ2v) is 3.98. The molecule has 0 fully saturated rings. The molecule has 1 rings (SSSR count). The highest BCUT2D eigenvalue weighted by molar-refractivity contribution is 5.90. The molecule has 0 radical (unpaired) electrons. The third-order valence-electron chi connectivity index (χ3n) is 2.53. The van der Waals surface area contributed by atoms with Gasteiger partial charge in [0.05, 0.1) is 6.20 Å². The summed E-state index contributed by atoms with van der Waals surface area (Å²) in [5.74, 6) is 0.327. The van der Waals surface area contributed by atoms with Gasteiger partial charge in [-0.05, 0) is 6.42 Å². The summed E-state index contributed by atoms with van der Waals surface area (Å²) >= 11 is 0. The minimum Gasteiger partial charge on any atom is -0.310 e. The number of nitrogens with one attached hydrogen (secondary N) is 2. The molecule has 0 aliphatic heterocycles. The number of carbonyl (C=O) groups excluding carboxylic acids is 1. The zero-order valence-electron chi connectivity index (χ0n) is 10.1. The van der Waals surface area contributed by atoms with Crippen LogP contribution in [0.2, 0.25) is 0 Å². The van der Waals surface area contributed by atoms with E-state index < -0.39 is 0 Å². The third kappa shape index (κ3) is 4.68. The van der Waals surface area contributed by atoms with Crippen LogP contribution >= 0.6 is 0 Å². The summed E-state index contributed by atoms with van der Waals surface area (Å²) in [6, 6.07) is 1.96. The van der Waals surface area contributed by atoms with Gasteiger partial charge in [0, 0.05) is 6.42 Å². The third-order valence-corrected chi connectivity index (χ3v) is 2.53. The Kier molecular flexibility index (Phi) is 5.80. The topological polar surface area (TPSA) is 81.6 Å². The van der Waals surface area contributed by atoms with Gasteiger partial charge in [-0.15, -0.1) is 0 Å². The summed E-state index contributed by atoms with van der Waals surface area (Å²) in [5.41, 5.74) is 0.365. The van der Waals surface area contributed by atoms with Gasteiger partial charge in [-0.3, -0.25) is 9.89 Å². The lowest BCUT2D eigenvalue weighted by atomic mass is 10.1. The molecule has 0 bridgehead atoms. The predicted octanol–water partition coefficient (Wildman–Crippen LogP) is 2.58. The average molecular weight is 234 g/mol. The van der Waals surface area contributed by atoms with Crippen LogP contribution in [0.3, 0.4) is 0 Å². The molecule has 2 N–H and O–H groups in total. The smallest absolute Gasteiger partial charge is 0.225 e. The van der Waals surface area contributed by atoms with Gasteiger partial charge < -0.3 is 5.32 Å². The number of hydrogen-bond donors (Lipinski definition) is 2. The molecule has 92 valence electrons. The van der Waals surface area contributed by atoms with Crippen molar-refractivity contribution >= 4 is 11.7 Å². The number of H-pyrrole nitrogens is 1. The lowest BCUT2D eigenvalue weighted by Crippen LogP contribution is -2.12. The molecule has 1 aromatic rings. The molecule has 0 spiro atoms. The van der Waals surface area contributed by atoms with E-state index in [4.69, 9.17) is 5.26 Å². The molecule has 0 unspecified atom stereocenters. The van der Waals surface area contributed by atoms with Crippen molar-refractivity contribution in [1.29, 1.82) is 5.26 Å². The van der Waals surface area contributed by atoms with Crippen molar-refractivity contribution in [2.24, 2.45) is 0 Å². The zero-order chi connectivity index (χ0) is 12.5. The summed E-state index contributed by atoms with van der Waals surface area (Å²) < 4.78 is 0. The molecule has 0 saturated heterocycles. The van der Waals surface area contributed by atoms with Crippen LogP contribution in [0.15, 0.2) is 6.20 Å². The molecule has 17 heavy (non-hydrogen) atoms. The maximum Gasteiger partial charge on any atom is 0.225 e. The van der Waals surface area contributed by atoms with Crippen LogP contribution in [0, 0.1) is 11.3 Å². The Morgan fingerprint density at radius 1 is 1.47 bits per heavy atom. The Morgan fingerprint density at radius 3 is 2.94 bits per heavy atom. The van der Waals surface area contributed by atoms with E-state index in [-0.39, 0.29) is 5.91 Å². The van der Waals surface area contributed by atoms with E-state index in [0.717, 1.165) is 12.8 Å². The monoisotopic (exact) mass is 234 g/mol. The fourth-order valence-corrected chi connectivity index (χ4v) is 1.56. The van der Waals surface area contributed by atoms with E-state index in [1.54, 1.807) is 0 Å². The molecular weight excluding hydrogens is 216 g/mol. The second-order valence-electron chi connectivity index (χ2n) is 3.98. The first kappa shape index (κ1) is 13.2. The SMILES string of the molecule is CCCCCCCC(=O)Nc1[nH]ncc1C#N. The molecule has 1 aromatic heterocycles. The van der Waals surface area contributed by atoms with Crippen LogP contribution in [-0.2, 0) is 4.79 Å². The number of unbranched alkanes of at least 4 members (excludes halogenated alkanes) is 4. The van der Waals surface area contributed by atoms with Crippen LogP contribution in [0.25, 0.3) is 0 Å². The molecule has 0 aliphatic carbocycles. The summed E-state index contributed by atoms with van der Waals surface area (Å²) in [7, 11) is 0. The van der Waals surface area contributed by atoms with E-state index in [1.807, 2.05) is 6.07 Å². The van der Waals surface area contributed by atoms with E-state index in [0.29, 0.717) is 17.8 Å². The highest BCUT2D eigenvalue weighted by Crippen LogP contribution is 2.10. The summed E-state index contributed by atoms with van der Waals surface area (Å²) in [6.45, 7) is 2.16. The van der Waals surface area contributed by atoms with Crippen LogP contribution in [-0.4, -0.2) is 16.1 Å². The van der Waals surface area contributed by atoms with Crippen LogP contribution in [0.4, 0.5) is 5.82 Å². The highest BCUT2D eigenvalue weighted by atomic mass is 16.1. The highest BCUT2D eigenvalue weighted by Gasteiger charge is 2.07. The maximum absolute atomic E-state index is 11.5. The molecule has 1 heterocycles. The Balaban J connectivity index is 2.24. The number of aromatic amines is 1. The molecule has 0 aromatic carbocycles. The van der Waals surface area contributed by atoms with Crippen LogP contribution < -0.4 is 5.32 Å². The quantitative estimate of drug-likeness (QED) is 0.711. The number of anilines is 1. The van der Waals surface area contributed by atoms with Gasteiger partial charge in [0.1, 0.15) is 17.5 Å². The Hall–Kier alpha value is -1.83. The lowest BCUT2D eigenvalue weighted by Gasteiger charge is -2.02. The lowest BCUT2D eigenvalue weighted by molar-refractivity contribution is -0.116. The van der Waals surface area contributed by atoms with Gasteiger partial charge in [0.15, 0.2) is 0 Å². The fourth-order valence-electron chi connectivity index (χ4n) is 1.56. The van der Waals surface area contributed by atoms with Crippen LogP contribution in [0.1, 0.15) is 51.0 Å². The Bertz CT molecular complexity index is 391. The molecule has 1 amide bonds. The van der Waals surface area contributed by atoms with Gasteiger partial charge >= 0.3 is 0 Å². The summed E-state index contributed by atoms with van der Waals surface area (Å²) in [4.78, 5) is 11.5. The first-order chi connectivity index (χ1) is 8.27. The van der Waals surface area contributed by atoms with E-state index >= 15 is 0 Å². The number of carbonyl (C=O) groups is 1. The largest absolute Gasteiger partial charge is 0.310 e. The fraction of sp³-hybridized carbons (Fsp3) is 0.583. The van der Waals surface area contributed by atoms with Gasteiger partial charge in [0.25, 0.3) is 0 Å². The van der Waals surface area contributed by atoms with Gasteiger partial charge in [-0.2, -0.15) is 10.4 Å². The number of rotatable bonds is 7. The summed E-state index contributed by atoms with van der Waals surface area (Å²) in [6.07, 6.45) is 7.46. The normalized spacial score (nSPS) is 9.88.